The van der Waals surface area contributed by atoms with Crippen molar-refractivity contribution in [3.05, 3.63) is 61.9 Å². The van der Waals surface area contributed by atoms with Crippen molar-refractivity contribution in [1.82, 2.24) is 19.7 Å². The molecule has 150 valence electrons. The molecule has 0 radical (unpaired) electrons. The lowest BCUT2D eigenvalue weighted by molar-refractivity contribution is 0.469. The van der Waals surface area contributed by atoms with E-state index in [1.54, 1.807) is 15.9 Å². The molecule has 0 aliphatic heterocycles. The van der Waals surface area contributed by atoms with Crippen LogP contribution in [-0.4, -0.2) is 19.7 Å². The third-order valence-corrected chi connectivity index (χ3v) is 7.15. The molecule has 3 heterocycles. The molecular weight excluding hydrogens is 404 g/mol. The molecule has 0 bridgehead atoms. The monoisotopic (exact) mass is 426 g/mol. The quantitative estimate of drug-likeness (QED) is 0.333. The molecule has 0 aliphatic carbocycles. The average molecular weight is 427 g/mol. The number of thiophene rings is 1. The van der Waals surface area contributed by atoms with Gasteiger partial charge in [0.05, 0.1) is 16.8 Å². The summed E-state index contributed by atoms with van der Waals surface area (Å²) in [7, 11) is 0. The van der Waals surface area contributed by atoms with E-state index < -0.39 is 0 Å². The van der Waals surface area contributed by atoms with E-state index >= 15 is 0 Å². The third kappa shape index (κ3) is 3.51. The van der Waals surface area contributed by atoms with Crippen molar-refractivity contribution in [3.63, 3.8) is 0 Å². The van der Waals surface area contributed by atoms with Crippen LogP contribution >= 0.6 is 23.1 Å². The molecule has 8 heteroatoms. The summed E-state index contributed by atoms with van der Waals surface area (Å²) in [5, 5.41) is 9.44. The molecule has 0 aliphatic rings. The van der Waals surface area contributed by atoms with Gasteiger partial charge in [-0.25, -0.2) is 4.98 Å². The van der Waals surface area contributed by atoms with Gasteiger partial charge in [0, 0.05) is 11.3 Å². The van der Waals surface area contributed by atoms with Crippen LogP contribution in [0.5, 0.6) is 0 Å². The van der Waals surface area contributed by atoms with Crippen molar-refractivity contribution in [2.45, 2.75) is 51.9 Å². The van der Waals surface area contributed by atoms with Gasteiger partial charge < -0.3 is 4.42 Å². The maximum Gasteiger partial charge on any atom is 0.267 e. The second kappa shape index (κ2) is 7.76. The van der Waals surface area contributed by atoms with Crippen LogP contribution < -0.4 is 5.56 Å². The zero-order chi connectivity index (χ0) is 20.7. The Morgan fingerprint density at radius 3 is 2.59 bits per heavy atom. The van der Waals surface area contributed by atoms with Crippen LogP contribution in [0, 0.1) is 27.7 Å². The first-order valence-corrected chi connectivity index (χ1v) is 11.2. The van der Waals surface area contributed by atoms with Crippen molar-refractivity contribution in [3.8, 4) is 5.69 Å². The fourth-order valence-electron chi connectivity index (χ4n) is 3.18. The summed E-state index contributed by atoms with van der Waals surface area (Å²) in [6.45, 7) is 10.1. The number of hydrogen-bond acceptors (Lipinski definition) is 7. The fourth-order valence-corrected chi connectivity index (χ4v) is 5.09. The van der Waals surface area contributed by atoms with E-state index in [-0.39, 0.29) is 5.56 Å². The zero-order valence-corrected chi connectivity index (χ0v) is 18.7. The third-order valence-electron chi connectivity index (χ3n) is 5.12. The first-order valence-electron chi connectivity index (χ1n) is 9.44. The Bertz CT molecular complexity index is 1270. The largest absolute Gasteiger partial charge is 0.424 e. The van der Waals surface area contributed by atoms with Crippen molar-refractivity contribution >= 4 is 33.3 Å². The molecule has 6 nitrogen and oxygen atoms in total. The van der Waals surface area contributed by atoms with E-state index in [9.17, 15) is 4.79 Å². The van der Waals surface area contributed by atoms with Crippen LogP contribution in [0.15, 0.2) is 32.6 Å². The molecule has 0 saturated heterocycles. The number of thioether (sulfide) groups is 1. The van der Waals surface area contributed by atoms with E-state index in [0.717, 1.165) is 32.1 Å². The minimum absolute atomic E-state index is 0.0344. The second-order valence-electron chi connectivity index (χ2n) is 6.95. The highest BCUT2D eigenvalue weighted by Crippen LogP contribution is 2.31. The van der Waals surface area contributed by atoms with Gasteiger partial charge in [-0.2, -0.15) is 0 Å². The molecule has 0 fully saturated rings. The minimum atomic E-state index is -0.0344. The van der Waals surface area contributed by atoms with E-state index in [4.69, 9.17) is 9.40 Å². The topological polar surface area (TPSA) is 73.8 Å². The van der Waals surface area contributed by atoms with Crippen LogP contribution in [0.3, 0.4) is 0 Å². The molecule has 0 spiro atoms. The standard InChI is InChI=1S/C21H22N4O2S2/c1-6-16-23-24-17(27-16)10-28-21-22-19-18(13(4)14(5)29-19)20(26)25(21)15-9-7-8-11(2)12(15)3/h7-9H,6,10H2,1-5H3. The van der Waals surface area contributed by atoms with Crippen LogP contribution in [-0.2, 0) is 12.2 Å². The molecular formula is C21H22N4O2S2. The lowest BCUT2D eigenvalue weighted by Gasteiger charge is -2.15. The summed E-state index contributed by atoms with van der Waals surface area (Å²) in [5.74, 6) is 1.60. The molecule has 0 N–H and O–H groups in total. The minimum Gasteiger partial charge on any atom is -0.424 e. The SMILES string of the molecule is CCc1nnc(CSc2nc3sc(C)c(C)c3c(=O)n2-c2cccc(C)c2C)o1. The predicted octanol–water partition coefficient (Wildman–Crippen LogP) is 4.92. The molecule has 1 aromatic carbocycles. The number of benzene rings is 1. The summed E-state index contributed by atoms with van der Waals surface area (Å²) in [5.41, 5.74) is 4.02. The van der Waals surface area contributed by atoms with Gasteiger partial charge in [0.15, 0.2) is 5.16 Å². The molecule has 3 aromatic heterocycles. The number of hydrogen-bond donors (Lipinski definition) is 0. The molecule has 29 heavy (non-hydrogen) atoms. The van der Waals surface area contributed by atoms with Gasteiger partial charge in [0.2, 0.25) is 11.8 Å². The van der Waals surface area contributed by atoms with Crippen molar-refractivity contribution in [2.75, 3.05) is 0 Å². The van der Waals surface area contributed by atoms with E-state index in [1.165, 1.54) is 11.8 Å². The van der Waals surface area contributed by atoms with Gasteiger partial charge in [-0.1, -0.05) is 30.8 Å². The fraction of sp³-hybridized carbons (Fsp3) is 0.333. The Kier molecular flexibility index (Phi) is 5.31. The molecule has 0 saturated carbocycles. The van der Waals surface area contributed by atoms with Gasteiger partial charge >= 0.3 is 0 Å². The first kappa shape index (κ1) is 19.8. The highest BCUT2D eigenvalue weighted by Gasteiger charge is 2.20. The number of rotatable bonds is 5. The summed E-state index contributed by atoms with van der Waals surface area (Å²) < 4.78 is 7.36. The van der Waals surface area contributed by atoms with Gasteiger partial charge in [-0.3, -0.25) is 9.36 Å². The van der Waals surface area contributed by atoms with Crippen LogP contribution in [0.4, 0.5) is 0 Å². The van der Waals surface area contributed by atoms with Crippen molar-refractivity contribution in [1.29, 1.82) is 0 Å². The number of nitrogens with zero attached hydrogens (tertiary/aromatic N) is 4. The number of fused-ring (bicyclic) bond motifs is 1. The van der Waals surface area contributed by atoms with E-state index in [1.807, 2.05) is 52.8 Å². The molecule has 0 amide bonds. The lowest BCUT2D eigenvalue weighted by atomic mass is 10.1. The molecule has 4 aromatic rings. The summed E-state index contributed by atoms with van der Waals surface area (Å²) in [4.78, 5) is 20.3. The molecule has 0 unspecified atom stereocenters. The van der Waals surface area contributed by atoms with Crippen molar-refractivity contribution in [2.24, 2.45) is 0 Å². The first-order chi connectivity index (χ1) is 13.9. The normalized spacial score (nSPS) is 11.5. The lowest BCUT2D eigenvalue weighted by Crippen LogP contribution is -2.22. The average Bonchev–Trinajstić information content (AvgIpc) is 3.27. The van der Waals surface area contributed by atoms with E-state index in [2.05, 4.69) is 10.2 Å². The van der Waals surface area contributed by atoms with Crippen LogP contribution in [0.2, 0.25) is 0 Å². The van der Waals surface area contributed by atoms with Crippen LogP contribution in [0.1, 0.15) is 40.3 Å². The smallest absolute Gasteiger partial charge is 0.267 e. The predicted molar refractivity (Wildman–Crippen MR) is 117 cm³/mol. The van der Waals surface area contributed by atoms with Gasteiger partial charge in [0.25, 0.3) is 5.56 Å². The van der Waals surface area contributed by atoms with Gasteiger partial charge in [0.1, 0.15) is 4.83 Å². The highest BCUT2D eigenvalue weighted by molar-refractivity contribution is 7.98. The summed E-state index contributed by atoms with van der Waals surface area (Å²) >= 11 is 3.00. The van der Waals surface area contributed by atoms with Crippen LogP contribution in [0.25, 0.3) is 15.9 Å². The molecule has 4 rings (SSSR count). The Morgan fingerprint density at radius 1 is 1.10 bits per heavy atom. The maximum absolute atomic E-state index is 13.6. The molecule has 0 atom stereocenters. The Balaban J connectivity index is 1.89. The Morgan fingerprint density at radius 2 is 1.86 bits per heavy atom. The maximum atomic E-state index is 13.6. The Labute approximate surface area is 177 Å². The highest BCUT2D eigenvalue weighted by atomic mass is 32.2. The summed E-state index contributed by atoms with van der Waals surface area (Å²) in [6, 6.07) is 5.99. The summed E-state index contributed by atoms with van der Waals surface area (Å²) in [6.07, 6.45) is 0.697. The van der Waals surface area contributed by atoms with Gasteiger partial charge in [-0.05, 0) is 50.5 Å². The second-order valence-corrected chi connectivity index (χ2v) is 9.09. The zero-order valence-electron chi connectivity index (χ0n) is 17.1. The van der Waals surface area contributed by atoms with E-state index in [0.29, 0.717) is 34.5 Å². The number of aryl methyl sites for hydroxylation is 4. The number of aromatic nitrogens is 4. The van der Waals surface area contributed by atoms with Crippen molar-refractivity contribution < 1.29 is 4.42 Å². The van der Waals surface area contributed by atoms with Gasteiger partial charge in [-0.15, -0.1) is 21.5 Å². The Hall–Kier alpha value is -2.45.